The van der Waals surface area contributed by atoms with Crippen LogP contribution in [0.2, 0.25) is 0 Å². The van der Waals surface area contributed by atoms with Crippen molar-refractivity contribution in [2.45, 2.75) is 0 Å². The van der Waals surface area contributed by atoms with Crippen molar-refractivity contribution >= 4 is 28.7 Å². The summed E-state index contributed by atoms with van der Waals surface area (Å²) in [5, 5.41) is 1.23. The van der Waals surface area contributed by atoms with Gasteiger partial charge in [0.25, 0.3) is 0 Å². The SMILES string of the molecule is CN1CCN(c2ccc(/C=C/c3ccc4cc(-c5ccncc5)ccc4[n+]3C)cc2)CC1. The molecule has 160 valence electrons. The van der Waals surface area contributed by atoms with Crippen molar-refractivity contribution in [1.29, 1.82) is 0 Å². The fraction of sp³-hybridized carbons (Fsp3) is 0.214. The van der Waals surface area contributed by atoms with Crippen molar-refractivity contribution in [2.24, 2.45) is 7.05 Å². The summed E-state index contributed by atoms with van der Waals surface area (Å²) in [5.74, 6) is 0. The van der Waals surface area contributed by atoms with Crippen LogP contribution in [0.1, 0.15) is 11.3 Å². The molecule has 0 amide bonds. The Morgan fingerprint density at radius 1 is 0.781 bits per heavy atom. The highest BCUT2D eigenvalue weighted by atomic mass is 15.2. The number of hydrogen-bond acceptors (Lipinski definition) is 3. The highest BCUT2D eigenvalue weighted by molar-refractivity contribution is 5.83. The number of benzene rings is 2. The average molecular weight is 422 g/mol. The third-order valence-electron chi connectivity index (χ3n) is 6.43. The topological polar surface area (TPSA) is 23.2 Å². The van der Waals surface area contributed by atoms with Crippen molar-refractivity contribution in [1.82, 2.24) is 9.88 Å². The van der Waals surface area contributed by atoms with Gasteiger partial charge in [-0.1, -0.05) is 12.1 Å². The van der Waals surface area contributed by atoms with Gasteiger partial charge >= 0.3 is 0 Å². The normalized spacial score (nSPS) is 15.0. The van der Waals surface area contributed by atoms with Crippen molar-refractivity contribution in [3.05, 3.63) is 90.4 Å². The Balaban J connectivity index is 1.35. The highest BCUT2D eigenvalue weighted by Gasteiger charge is 2.14. The van der Waals surface area contributed by atoms with E-state index in [4.69, 9.17) is 0 Å². The van der Waals surface area contributed by atoms with Crippen molar-refractivity contribution in [3.63, 3.8) is 0 Å². The fourth-order valence-electron chi connectivity index (χ4n) is 4.35. The molecule has 0 radical (unpaired) electrons. The minimum absolute atomic E-state index is 1.10. The first kappa shape index (κ1) is 20.4. The summed E-state index contributed by atoms with van der Waals surface area (Å²) in [7, 11) is 4.32. The lowest BCUT2D eigenvalue weighted by Gasteiger charge is -2.34. The molecule has 4 aromatic rings. The molecule has 0 unspecified atom stereocenters. The lowest BCUT2D eigenvalue weighted by atomic mass is 10.0. The molecule has 1 fully saturated rings. The van der Waals surface area contributed by atoms with Gasteiger partial charge in [0.15, 0.2) is 0 Å². The molecular weight excluding hydrogens is 392 g/mol. The van der Waals surface area contributed by atoms with Crippen molar-refractivity contribution in [2.75, 3.05) is 38.1 Å². The largest absolute Gasteiger partial charge is 0.369 e. The molecule has 32 heavy (non-hydrogen) atoms. The predicted octanol–water partition coefficient (Wildman–Crippen LogP) is 4.65. The molecule has 1 saturated heterocycles. The number of aromatic nitrogens is 2. The van der Waals surface area contributed by atoms with Gasteiger partial charge in [-0.2, -0.15) is 4.57 Å². The van der Waals surface area contributed by atoms with E-state index in [1.807, 2.05) is 24.5 Å². The van der Waals surface area contributed by atoms with Gasteiger partial charge in [-0.25, -0.2) is 0 Å². The maximum atomic E-state index is 4.12. The number of nitrogens with zero attached hydrogens (tertiary/aromatic N) is 4. The Bertz CT molecular complexity index is 1240. The number of likely N-dealkylation sites (N-methyl/N-ethyl adjacent to an activating group) is 1. The highest BCUT2D eigenvalue weighted by Crippen LogP contribution is 2.23. The second-order valence-electron chi connectivity index (χ2n) is 8.54. The number of rotatable bonds is 4. The van der Waals surface area contributed by atoms with Crippen molar-refractivity contribution < 1.29 is 4.57 Å². The molecule has 0 spiro atoms. The standard InChI is InChI=1S/C28H29N4/c1-30-17-19-32(20-18-30)27-9-4-22(5-10-27)3-8-26-11-6-25-21-24(7-12-28(25)31(26)2)23-13-15-29-16-14-23/h3-16,21H,17-20H2,1-2H3/q+1. The van der Waals surface area contributed by atoms with Crippen LogP contribution < -0.4 is 9.47 Å². The van der Waals surface area contributed by atoms with Crippen LogP contribution in [0.25, 0.3) is 34.2 Å². The van der Waals surface area contributed by atoms with Crippen LogP contribution in [0.5, 0.6) is 0 Å². The second-order valence-corrected chi connectivity index (χ2v) is 8.54. The summed E-state index contributed by atoms with van der Waals surface area (Å²) >= 11 is 0. The minimum Gasteiger partial charge on any atom is -0.369 e. The number of anilines is 1. The van der Waals surface area contributed by atoms with E-state index in [1.54, 1.807) is 0 Å². The number of hydrogen-bond donors (Lipinski definition) is 0. The molecule has 2 aromatic carbocycles. The molecule has 4 heteroatoms. The van der Waals surface area contributed by atoms with Gasteiger partial charge in [-0.3, -0.25) is 4.98 Å². The number of pyridine rings is 2. The summed E-state index contributed by atoms with van der Waals surface area (Å²) in [4.78, 5) is 8.98. The molecular formula is C28H29N4+. The first-order valence-electron chi connectivity index (χ1n) is 11.2. The zero-order chi connectivity index (χ0) is 21.9. The minimum atomic E-state index is 1.10. The second kappa shape index (κ2) is 8.93. The molecule has 2 aromatic heterocycles. The van der Waals surface area contributed by atoms with E-state index in [1.165, 1.54) is 39.0 Å². The van der Waals surface area contributed by atoms with Crippen LogP contribution >= 0.6 is 0 Å². The Labute approximate surface area is 190 Å². The summed E-state index contributed by atoms with van der Waals surface area (Å²) in [6, 6.07) is 24.0. The molecule has 5 rings (SSSR count). The first-order chi connectivity index (χ1) is 15.7. The fourth-order valence-corrected chi connectivity index (χ4v) is 4.35. The summed E-state index contributed by atoms with van der Waals surface area (Å²) in [6.07, 6.45) is 8.07. The van der Waals surface area contributed by atoms with Crippen LogP contribution in [-0.2, 0) is 7.05 Å². The van der Waals surface area contributed by atoms with Gasteiger partial charge in [0.2, 0.25) is 11.2 Å². The van der Waals surface area contributed by atoms with E-state index >= 15 is 0 Å². The first-order valence-corrected chi connectivity index (χ1v) is 11.2. The molecule has 0 bridgehead atoms. The van der Waals surface area contributed by atoms with Gasteiger partial charge in [0, 0.05) is 67.9 Å². The van der Waals surface area contributed by atoms with Crippen LogP contribution in [0.4, 0.5) is 5.69 Å². The van der Waals surface area contributed by atoms with Gasteiger partial charge in [-0.05, 0) is 72.3 Å². The molecule has 4 nitrogen and oxygen atoms in total. The lowest BCUT2D eigenvalue weighted by Crippen LogP contribution is -2.44. The molecule has 1 aliphatic rings. The van der Waals surface area contributed by atoms with Gasteiger partial charge in [0.05, 0.1) is 0 Å². The number of piperazine rings is 1. The zero-order valence-corrected chi connectivity index (χ0v) is 18.8. The van der Waals surface area contributed by atoms with E-state index < -0.39 is 0 Å². The number of aryl methyl sites for hydroxylation is 1. The summed E-state index contributed by atoms with van der Waals surface area (Å²) in [5.41, 5.74) is 7.33. The molecule has 0 saturated carbocycles. The average Bonchev–Trinajstić information content (AvgIpc) is 2.85. The Hall–Kier alpha value is -3.50. The van der Waals surface area contributed by atoms with Gasteiger partial charge < -0.3 is 9.80 Å². The van der Waals surface area contributed by atoms with E-state index in [0.29, 0.717) is 0 Å². The van der Waals surface area contributed by atoms with E-state index in [9.17, 15) is 0 Å². The van der Waals surface area contributed by atoms with E-state index in [-0.39, 0.29) is 0 Å². The Morgan fingerprint density at radius 2 is 1.53 bits per heavy atom. The molecule has 0 N–H and O–H groups in total. The maximum absolute atomic E-state index is 4.12. The Morgan fingerprint density at radius 3 is 2.28 bits per heavy atom. The van der Waals surface area contributed by atoms with Gasteiger partial charge in [0.1, 0.15) is 7.05 Å². The molecule has 3 heterocycles. The van der Waals surface area contributed by atoms with E-state index in [2.05, 4.69) is 100 Å². The third kappa shape index (κ3) is 4.27. The lowest BCUT2D eigenvalue weighted by molar-refractivity contribution is -0.646. The monoisotopic (exact) mass is 421 g/mol. The summed E-state index contributed by atoms with van der Waals surface area (Å²) in [6.45, 7) is 4.46. The number of fused-ring (bicyclic) bond motifs is 1. The smallest absolute Gasteiger partial charge is 0.212 e. The van der Waals surface area contributed by atoms with Gasteiger partial charge in [-0.15, -0.1) is 0 Å². The van der Waals surface area contributed by atoms with Crippen LogP contribution in [0.15, 0.2) is 79.1 Å². The maximum Gasteiger partial charge on any atom is 0.212 e. The van der Waals surface area contributed by atoms with Crippen molar-refractivity contribution in [3.8, 4) is 11.1 Å². The van der Waals surface area contributed by atoms with Crippen LogP contribution in [0, 0.1) is 0 Å². The molecule has 0 atom stereocenters. The molecule has 0 aliphatic carbocycles. The zero-order valence-electron chi connectivity index (χ0n) is 18.8. The quantitative estimate of drug-likeness (QED) is 0.448. The Kier molecular flexibility index (Phi) is 5.70. The van der Waals surface area contributed by atoms with Crippen LogP contribution in [-0.4, -0.2) is 43.1 Å². The third-order valence-corrected chi connectivity index (χ3v) is 6.43. The van der Waals surface area contributed by atoms with E-state index in [0.717, 1.165) is 26.2 Å². The van der Waals surface area contributed by atoms with Crippen LogP contribution in [0.3, 0.4) is 0 Å². The predicted molar refractivity (Wildman–Crippen MR) is 133 cm³/mol. The molecule has 1 aliphatic heterocycles. The summed E-state index contributed by atoms with van der Waals surface area (Å²) < 4.78 is 2.25.